The van der Waals surface area contributed by atoms with Gasteiger partial charge in [-0.1, -0.05) is 19.1 Å². The maximum atomic E-state index is 12.8. The summed E-state index contributed by atoms with van der Waals surface area (Å²) in [6, 6.07) is 5.10. The minimum absolute atomic E-state index is 0.00206. The van der Waals surface area contributed by atoms with E-state index in [4.69, 9.17) is 5.11 Å². The number of thioether (sulfide) groups is 1. The first-order valence-electron chi connectivity index (χ1n) is 7.52. The van der Waals surface area contributed by atoms with Crippen LogP contribution in [0.25, 0.3) is 0 Å². The summed E-state index contributed by atoms with van der Waals surface area (Å²) in [7, 11) is 0. The van der Waals surface area contributed by atoms with E-state index in [2.05, 4.69) is 0 Å². The zero-order valence-electron chi connectivity index (χ0n) is 12.8. The van der Waals surface area contributed by atoms with Gasteiger partial charge in [0, 0.05) is 18.3 Å². The Morgan fingerprint density at radius 2 is 2.17 bits per heavy atom. The van der Waals surface area contributed by atoms with E-state index in [-0.39, 0.29) is 29.6 Å². The van der Waals surface area contributed by atoms with Crippen LogP contribution in [0, 0.1) is 0 Å². The molecule has 0 bridgehead atoms. The van der Waals surface area contributed by atoms with Crippen LogP contribution in [0.2, 0.25) is 0 Å². The lowest BCUT2D eigenvalue weighted by Crippen LogP contribution is -2.43. The van der Waals surface area contributed by atoms with Crippen molar-refractivity contribution in [1.29, 1.82) is 0 Å². The molecule has 1 heterocycles. The highest BCUT2D eigenvalue weighted by molar-refractivity contribution is 8.01. The van der Waals surface area contributed by atoms with Crippen LogP contribution in [0.3, 0.4) is 0 Å². The molecule has 0 unspecified atom stereocenters. The van der Waals surface area contributed by atoms with Crippen molar-refractivity contribution >= 4 is 17.7 Å². The summed E-state index contributed by atoms with van der Waals surface area (Å²) in [5.74, 6) is -0.0565. The van der Waals surface area contributed by atoms with Gasteiger partial charge in [0.1, 0.15) is 0 Å². The molecule has 3 nitrogen and oxygen atoms in total. The van der Waals surface area contributed by atoms with Crippen molar-refractivity contribution < 1.29 is 23.1 Å². The Kier molecular flexibility index (Phi) is 5.97. The Balaban J connectivity index is 2.06. The van der Waals surface area contributed by atoms with Gasteiger partial charge in [-0.05, 0) is 30.5 Å². The lowest BCUT2D eigenvalue weighted by atomic mass is 10.1. The van der Waals surface area contributed by atoms with E-state index in [1.54, 1.807) is 11.0 Å². The van der Waals surface area contributed by atoms with Gasteiger partial charge in [-0.2, -0.15) is 13.2 Å². The number of hydrogen-bond acceptors (Lipinski definition) is 3. The monoisotopic (exact) mass is 347 g/mol. The van der Waals surface area contributed by atoms with Gasteiger partial charge < -0.3 is 10.0 Å². The van der Waals surface area contributed by atoms with Crippen LogP contribution in [0.4, 0.5) is 13.2 Å². The second-order valence-electron chi connectivity index (χ2n) is 5.72. The molecule has 1 aromatic rings. The molecule has 1 fully saturated rings. The van der Waals surface area contributed by atoms with E-state index in [1.807, 2.05) is 6.92 Å². The Morgan fingerprint density at radius 3 is 2.83 bits per heavy atom. The third-order valence-corrected chi connectivity index (χ3v) is 5.14. The first-order valence-corrected chi connectivity index (χ1v) is 8.47. The molecule has 0 saturated carbocycles. The number of piperidine rings is 1. The fraction of sp³-hybridized carbons (Fsp3) is 0.562. The van der Waals surface area contributed by atoms with Crippen LogP contribution in [0.1, 0.15) is 30.9 Å². The predicted octanol–water partition coefficient (Wildman–Crippen LogP) is 3.31. The van der Waals surface area contributed by atoms with Crippen molar-refractivity contribution in [2.75, 3.05) is 13.2 Å². The topological polar surface area (TPSA) is 40.5 Å². The Bertz CT molecular complexity index is 550. The number of aliphatic hydroxyl groups is 1. The standard InChI is InChI=1S/C16H20F3NO2S/c1-11(10-21)23-14-6-3-7-20(15(14)22)9-12-4-2-5-13(8-12)16(17,18)19/h2,4-5,8,11,14,21H,3,6-7,9-10H2,1H3/t11-,14-/m0/s1. The minimum Gasteiger partial charge on any atom is -0.395 e. The van der Waals surface area contributed by atoms with Gasteiger partial charge in [0.25, 0.3) is 0 Å². The Labute approximate surface area is 137 Å². The summed E-state index contributed by atoms with van der Waals surface area (Å²) in [4.78, 5) is 14.1. The second-order valence-corrected chi connectivity index (χ2v) is 7.36. The molecule has 0 spiro atoms. The van der Waals surface area contributed by atoms with Gasteiger partial charge in [-0.25, -0.2) is 0 Å². The number of benzene rings is 1. The highest BCUT2D eigenvalue weighted by Gasteiger charge is 2.32. The van der Waals surface area contributed by atoms with Crippen molar-refractivity contribution in [2.45, 2.75) is 43.0 Å². The quantitative estimate of drug-likeness (QED) is 0.888. The fourth-order valence-corrected chi connectivity index (χ4v) is 3.79. The lowest BCUT2D eigenvalue weighted by molar-refractivity contribution is -0.137. The fourth-order valence-electron chi connectivity index (χ4n) is 2.58. The molecule has 0 radical (unpaired) electrons. The molecule has 1 aliphatic rings. The zero-order chi connectivity index (χ0) is 17.0. The Hall–Kier alpha value is -1.21. The smallest absolute Gasteiger partial charge is 0.395 e. The number of halogens is 3. The number of nitrogens with zero attached hydrogens (tertiary/aromatic N) is 1. The molecular weight excluding hydrogens is 327 g/mol. The largest absolute Gasteiger partial charge is 0.416 e. The molecule has 1 aliphatic heterocycles. The second kappa shape index (κ2) is 7.57. The highest BCUT2D eigenvalue weighted by Crippen LogP contribution is 2.31. The molecule has 1 saturated heterocycles. The molecule has 2 atom stereocenters. The van der Waals surface area contributed by atoms with E-state index in [0.29, 0.717) is 12.1 Å². The lowest BCUT2D eigenvalue weighted by Gasteiger charge is -2.33. The zero-order valence-corrected chi connectivity index (χ0v) is 13.7. The van der Waals surface area contributed by atoms with Crippen molar-refractivity contribution in [3.63, 3.8) is 0 Å². The van der Waals surface area contributed by atoms with Gasteiger partial charge in [-0.15, -0.1) is 11.8 Å². The van der Waals surface area contributed by atoms with E-state index in [0.717, 1.165) is 25.0 Å². The predicted molar refractivity (Wildman–Crippen MR) is 84.0 cm³/mol. The molecule has 7 heteroatoms. The summed E-state index contributed by atoms with van der Waals surface area (Å²) in [6.07, 6.45) is -2.82. The van der Waals surface area contributed by atoms with Crippen molar-refractivity contribution in [3.8, 4) is 0 Å². The van der Waals surface area contributed by atoms with Gasteiger partial charge in [-0.3, -0.25) is 4.79 Å². The average molecular weight is 347 g/mol. The molecule has 1 amide bonds. The van der Waals surface area contributed by atoms with Crippen molar-refractivity contribution in [2.24, 2.45) is 0 Å². The van der Waals surface area contributed by atoms with E-state index in [9.17, 15) is 18.0 Å². The molecule has 2 rings (SSSR count). The third kappa shape index (κ3) is 4.88. The molecule has 0 aliphatic carbocycles. The van der Waals surface area contributed by atoms with Crippen LogP contribution in [-0.4, -0.2) is 39.6 Å². The van der Waals surface area contributed by atoms with E-state index in [1.165, 1.54) is 17.8 Å². The summed E-state index contributed by atoms with van der Waals surface area (Å²) in [6.45, 7) is 2.60. The van der Waals surface area contributed by atoms with Crippen LogP contribution >= 0.6 is 11.8 Å². The number of likely N-dealkylation sites (tertiary alicyclic amines) is 1. The Morgan fingerprint density at radius 1 is 1.43 bits per heavy atom. The summed E-state index contributed by atoms with van der Waals surface area (Å²) < 4.78 is 38.3. The molecule has 128 valence electrons. The van der Waals surface area contributed by atoms with Crippen molar-refractivity contribution in [1.82, 2.24) is 4.90 Å². The number of carbonyl (C=O) groups excluding carboxylic acids is 1. The first kappa shape index (κ1) is 18.1. The van der Waals surface area contributed by atoms with E-state index < -0.39 is 11.7 Å². The first-order chi connectivity index (χ1) is 10.8. The normalized spacial score (nSPS) is 20.7. The molecule has 1 aromatic carbocycles. The van der Waals surface area contributed by atoms with Gasteiger partial charge in [0.05, 0.1) is 17.4 Å². The van der Waals surface area contributed by atoms with Crippen LogP contribution in [0.15, 0.2) is 24.3 Å². The van der Waals surface area contributed by atoms with Gasteiger partial charge in [0.2, 0.25) is 5.91 Å². The molecule has 1 N–H and O–H groups in total. The van der Waals surface area contributed by atoms with Crippen LogP contribution < -0.4 is 0 Å². The SMILES string of the molecule is C[C@@H](CO)S[C@H]1CCCN(Cc2cccc(C(F)(F)F)c2)C1=O. The average Bonchev–Trinajstić information content (AvgIpc) is 2.50. The number of rotatable bonds is 5. The number of carbonyl (C=O) groups is 1. The highest BCUT2D eigenvalue weighted by atomic mass is 32.2. The number of aliphatic hydroxyl groups excluding tert-OH is 1. The third-order valence-electron chi connectivity index (χ3n) is 3.76. The van der Waals surface area contributed by atoms with Gasteiger partial charge >= 0.3 is 6.18 Å². The maximum absolute atomic E-state index is 12.8. The molecule has 23 heavy (non-hydrogen) atoms. The number of alkyl halides is 3. The summed E-state index contributed by atoms with van der Waals surface area (Å²) in [5, 5.41) is 8.85. The van der Waals surface area contributed by atoms with E-state index >= 15 is 0 Å². The van der Waals surface area contributed by atoms with Crippen LogP contribution in [0.5, 0.6) is 0 Å². The number of hydrogen-bond donors (Lipinski definition) is 1. The molecule has 0 aromatic heterocycles. The van der Waals surface area contributed by atoms with Crippen LogP contribution in [-0.2, 0) is 17.5 Å². The summed E-state index contributed by atoms with van der Waals surface area (Å²) >= 11 is 1.43. The van der Waals surface area contributed by atoms with Gasteiger partial charge in [0.15, 0.2) is 0 Å². The number of amides is 1. The minimum atomic E-state index is -4.38. The maximum Gasteiger partial charge on any atom is 0.416 e. The van der Waals surface area contributed by atoms with Crippen molar-refractivity contribution in [3.05, 3.63) is 35.4 Å². The molecular formula is C16H20F3NO2S. The summed E-state index contributed by atoms with van der Waals surface area (Å²) in [5.41, 5.74) is -0.215.